The number of halogens is 1. The minimum Gasteiger partial charge on any atom is -0.468 e. The van der Waals surface area contributed by atoms with E-state index in [1.54, 1.807) is 12.3 Å². The summed E-state index contributed by atoms with van der Waals surface area (Å²) in [7, 11) is 1.35. The van der Waals surface area contributed by atoms with Gasteiger partial charge in [0, 0.05) is 24.2 Å². The van der Waals surface area contributed by atoms with E-state index >= 15 is 0 Å². The highest BCUT2D eigenvalue weighted by Gasteiger charge is 2.16. The number of hydrogen-bond acceptors (Lipinski definition) is 3. The summed E-state index contributed by atoms with van der Waals surface area (Å²) in [5.74, 6) is -0.335. The summed E-state index contributed by atoms with van der Waals surface area (Å²) in [6.07, 6.45) is 1.68. The van der Waals surface area contributed by atoms with Crippen molar-refractivity contribution in [3.05, 3.63) is 46.8 Å². The number of ether oxygens (including phenoxy) is 1. The van der Waals surface area contributed by atoms with Crippen LogP contribution in [-0.2, 0) is 16.1 Å². The quantitative estimate of drug-likeness (QED) is 0.643. The van der Waals surface area contributed by atoms with Crippen LogP contribution in [0.2, 0.25) is 0 Å². The molecule has 0 saturated heterocycles. The van der Waals surface area contributed by atoms with Crippen molar-refractivity contribution in [1.82, 2.24) is 4.57 Å². The van der Waals surface area contributed by atoms with Crippen LogP contribution in [-0.4, -0.2) is 22.5 Å². The number of carbonyl (C=O) groups is 1. The Bertz CT molecular complexity index is 635. The minimum atomic E-state index is -0.437. The molecule has 0 aliphatic rings. The van der Waals surface area contributed by atoms with E-state index in [0.29, 0.717) is 11.9 Å². The van der Waals surface area contributed by atoms with Gasteiger partial charge in [0.15, 0.2) is 5.43 Å². The molecule has 0 spiro atoms. The Morgan fingerprint density at radius 2 is 2.11 bits per heavy atom. The standard InChI is InChI=1S/C13H12BrNO3/c1-18-13(17)10(14)8-15-7-6-12(16)9-4-2-3-5-11(9)15/h2-7,10H,8H2,1H3. The molecule has 0 saturated carbocycles. The molecular formula is C13H12BrNO3. The third kappa shape index (κ3) is 2.46. The smallest absolute Gasteiger partial charge is 0.321 e. The van der Waals surface area contributed by atoms with Crippen LogP contribution in [0, 0.1) is 0 Å². The third-order valence-corrected chi connectivity index (χ3v) is 3.36. The fraction of sp³-hybridized carbons (Fsp3) is 0.231. The highest BCUT2D eigenvalue weighted by atomic mass is 79.9. The first-order valence-electron chi connectivity index (χ1n) is 5.43. The molecule has 1 heterocycles. The summed E-state index contributed by atoms with van der Waals surface area (Å²) in [6.45, 7) is 0.410. The second-order valence-electron chi connectivity index (χ2n) is 3.84. The van der Waals surface area contributed by atoms with Crippen molar-refractivity contribution >= 4 is 32.8 Å². The summed E-state index contributed by atoms with van der Waals surface area (Å²) in [6, 6.07) is 8.81. The molecule has 0 fully saturated rings. The third-order valence-electron chi connectivity index (χ3n) is 2.70. The zero-order chi connectivity index (χ0) is 13.1. The first-order valence-corrected chi connectivity index (χ1v) is 6.35. The Kier molecular flexibility index (Phi) is 3.81. The normalized spacial score (nSPS) is 12.3. The van der Waals surface area contributed by atoms with Gasteiger partial charge in [-0.2, -0.15) is 0 Å². The summed E-state index contributed by atoms with van der Waals surface area (Å²) < 4.78 is 6.51. The fourth-order valence-corrected chi connectivity index (χ4v) is 2.29. The average Bonchev–Trinajstić information content (AvgIpc) is 2.41. The van der Waals surface area contributed by atoms with Crippen molar-refractivity contribution in [1.29, 1.82) is 0 Å². The number of pyridine rings is 1. The molecule has 1 aromatic heterocycles. The van der Waals surface area contributed by atoms with Crippen LogP contribution in [0.4, 0.5) is 0 Å². The Morgan fingerprint density at radius 3 is 2.83 bits per heavy atom. The molecule has 2 rings (SSSR count). The average molecular weight is 310 g/mol. The van der Waals surface area contributed by atoms with Crippen molar-refractivity contribution in [2.24, 2.45) is 0 Å². The molecule has 94 valence electrons. The maximum Gasteiger partial charge on any atom is 0.321 e. The van der Waals surface area contributed by atoms with E-state index in [4.69, 9.17) is 0 Å². The monoisotopic (exact) mass is 309 g/mol. The predicted molar refractivity (Wildman–Crippen MR) is 72.9 cm³/mol. The summed E-state index contributed by atoms with van der Waals surface area (Å²) in [5.41, 5.74) is 0.782. The Morgan fingerprint density at radius 1 is 1.39 bits per heavy atom. The Hall–Kier alpha value is -1.62. The van der Waals surface area contributed by atoms with Gasteiger partial charge in [0.25, 0.3) is 0 Å². The number of hydrogen-bond donors (Lipinski definition) is 0. The number of fused-ring (bicyclic) bond motifs is 1. The lowest BCUT2D eigenvalue weighted by atomic mass is 10.2. The Labute approximate surface area is 112 Å². The van der Waals surface area contributed by atoms with Gasteiger partial charge in [0.1, 0.15) is 4.83 Å². The van der Waals surface area contributed by atoms with E-state index < -0.39 is 4.83 Å². The maximum atomic E-state index is 11.7. The molecular weight excluding hydrogens is 298 g/mol. The molecule has 4 nitrogen and oxygen atoms in total. The number of nitrogens with zero attached hydrogens (tertiary/aromatic N) is 1. The van der Waals surface area contributed by atoms with E-state index in [1.165, 1.54) is 13.2 Å². The zero-order valence-corrected chi connectivity index (χ0v) is 11.4. The topological polar surface area (TPSA) is 48.3 Å². The van der Waals surface area contributed by atoms with Crippen LogP contribution in [0.15, 0.2) is 41.3 Å². The van der Waals surface area contributed by atoms with Gasteiger partial charge in [-0.15, -0.1) is 0 Å². The number of alkyl halides is 1. The molecule has 0 aliphatic carbocycles. The number of para-hydroxylation sites is 1. The molecule has 1 atom stereocenters. The summed E-state index contributed by atoms with van der Waals surface area (Å²) >= 11 is 3.27. The van der Waals surface area contributed by atoms with Crippen molar-refractivity contribution in [2.75, 3.05) is 7.11 Å². The van der Waals surface area contributed by atoms with E-state index in [9.17, 15) is 9.59 Å². The van der Waals surface area contributed by atoms with Crippen LogP contribution in [0.3, 0.4) is 0 Å². The van der Waals surface area contributed by atoms with E-state index in [0.717, 1.165) is 5.52 Å². The van der Waals surface area contributed by atoms with Crippen LogP contribution in [0.1, 0.15) is 0 Å². The predicted octanol–water partition coefficient (Wildman–Crippen LogP) is 1.94. The largest absolute Gasteiger partial charge is 0.468 e. The second-order valence-corrected chi connectivity index (χ2v) is 4.95. The SMILES string of the molecule is COC(=O)C(Br)Cn1ccc(=O)c2ccccc21. The van der Waals surface area contributed by atoms with Crippen molar-refractivity contribution < 1.29 is 9.53 Å². The first-order chi connectivity index (χ1) is 8.63. The second kappa shape index (κ2) is 5.35. The first kappa shape index (κ1) is 12.8. The van der Waals surface area contributed by atoms with Gasteiger partial charge < -0.3 is 9.30 Å². The number of benzene rings is 1. The molecule has 0 aliphatic heterocycles. The zero-order valence-electron chi connectivity index (χ0n) is 9.80. The molecule has 2 aromatic rings. The number of esters is 1. The van der Waals surface area contributed by atoms with Crippen molar-refractivity contribution in [3.63, 3.8) is 0 Å². The number of methoxy groups -OCH3 is 1. The lowest BCUT2D eigenvalue weighted by Crippen LogP contribution is -2.22. The van der Waals surface area contributed by atoms with Crippen molar-refractivity contribution in [2.45, 2.75) is 11.4 Å². The molecule has 0 bridgehead atoms. The molecule has 1 aromatic carbocycles. The van der Waals surface area contributed by atoms with E-state index in [-0.39, 0.29) is 11.4 Å². The highest BCUT2D eigenvalue weighted by Crippen LogP contribution is 2.13. The fourth-order valence-electron chi connectivity index (χ4n) is 1.79. The van der Waals surface area contributed by atoms with Gasteiger partial charge >= 0.3 is 5.97 Å². The molecule has 0 N–H and O–H groups in total. The van der Waals surface area contributed by atoms with Gasteiger partial charge in [0.2, 0.25) is 0 Å². The van der Waals surface area contributed by atoms with Crippen LogP contribution in [0.25, 0.3) is 10.9 Å². The van der Waals surface area contributed by atoms with Crippen molar-refractivity contribution in [3.8, 4) is 0 Å². The lowest BCUT2D eigenvalue weighted by Gasteiger charge is -2.13. The number of aromatic nitrogens is 1. The summed E-state index contributed by atoms with van der Waals surface area (Å²) in [4.78, 5) is 22.6. The van der Waals surface area contributed by atoms with E-state index in [2.05, 4.69) is 20.7 Å². The van der Waals surface area contributed by atoms with Gasteiger partial charge in [-0.25, -0.2) is 0 Å². The van der Waals surface area contributed by atoms with Gasteiger partial charge in [-0.05, 0) is 12.1 Å². The lowest BCUT2D eigenvalue weighted by molar-refractivity contribution is -0.140. The van der Waals surface area contributed by atoms with Gasteiger partial charge in [0.05, 0.1) is 12.6 Å². The highest BCUT2D eigenvalue weighted by molar-refractivity contribution is 9.10. The molecule has 0 radical (unpaired) electrons. The minimum absolute atomic E-state index is 0.0222. The van der Waals surface area contributed by atoms with Gasteiger partial charge in [-0.1, -0.05) is 28.1 Å². The maximum absolute atomic E-state index is 11.7. The molecule has 18 heavy (non-hydrogen) atoms. The van der Waals surface area contributed by atoms with E-state index in [1.807, 2.05) is 22.8 Å². The number of rotatable bonds is 3. The van der Waals surface area contributed by atoms with Crippen LogP contribution >= 0.6 is 15.9 Å². The summed E-state index contributed by atoms with van der Waals surface area (Å²) in [5, 5.41) is 0.643. The van der Waals surface area contributed by atoms with Crippen LogP contribution < -0.4 is 5.43 Å². The molecule has 5 heteroatoms. The number of carbonyl (C=O) groups excluding carboxylic acids is 1. The molecule has 0 amide bonds. The van der Waals surface area contributed by atoms with Gasteiger partial charge in [-0.3, -0.25) is 9.59 Å². The Balaban J connectivity index is 2.43. The van der Waals surface area contributed by atoms with Crippen LogP contribution in [0.5, 0.6) is 0 Å². The molecule has 1 unspecified atom stereocenters.